The highest BCUT2D eigenvalue weighted by atomic mass is 32.1. The smallest absolute Gasteiger partial charge is 0.254 e. The molecule has 154 valence electrons. The third-order valence-electron chi connectivity index (χ3n) is 6.25. The average molecular weight is 418 g/mol. The van der Waals surface area contributed by atoms with Crippen LogP contribution in [0.15, 0.2) is 60.8 Å². The molecule has 1 amide bonds. The van der Waals surface area contributed by atoms with Crippen molar-refractivity contribution in [2.24, 2.45) is 0 Å². The van der Waals surface area contributed by atoms with Crippen LogP contribution < -0.4 is 0 Å². The van der Waals surface area contributed by atoms with Crippen molar-refractivity contribution >= 4 is 17.2 Å². The molecule has 4 nitrogen and oxygen atoms in total. The SMILES string of the molecule is O=C(c1ccc(-c2ncc(-c3ccccc3)s2)cc1)N1CCC[C@H]1CN1CCCC1. The predicted octanol–water partition coefficient (Wildman–Crippen LogP) is 5.18. The number of rotatable bonds is 5. The van der Waals surface area contributed by atoms with Gasteiger partial charge in [0.05, 0.1) is 4.88 Å². The quantitative estimate of drug-likeness (QED) is 0.574. The van der Waals surface area contributed by atoms with E-state index in [0.29, 0.717) is 6.04 Å². The van der Waals surface area contributed by atoms with Gasteiger partial charge in [-0.05, 0) is 56.5 Å². The second-order valence-electron chi connectivity index (χ2n) is 8.28. The predicted molar refractivity (Wildman–Crippen MR) is 123 cm³/mol. The lowest BCUT2D eigenvalue weighted by atomic mass is 10.1. The number of nitrogens with zero attached hydrogens (tertiary/aromatic N) is 3. The van der Waals surface area contributed by atoms with Crippen molar-refractivity contribution in [2.75, 3.05) is 26.2 Å². The summed E-state index contributed by atoms with van der Waals surface area (Å²) in [5.74, 6) is 0.173. The van der Waals surface area contributed by atoms with Crippen LogP contribution in [0.5, 0.6) is 0 Å². The summed E-state index contributed by atoms with van der Waals surface area (Å²) in [5, 5.41) is 0.987. The van der Waals surface area contributed by atoms with Crippen LogP contribution >= 0.6 is 11.3 Å². The number of thiazole rings is 1. The summed E-state index contributed by atoms with van der Waals surface area (Å²) in [6.45, 7) is 4.29. The molecule has 2 fully saturated rings. The molecule has 0 N–H and O–H groups in total. The lowest BCUT2D eigenvalue weighted by Gasteiger charge is -2.28. The maximum Gasteiger partial charge on any atom is 0.254 e. The number of likely N-dealkylation sites (tertiary alicyclic amines) is 2. The standard InChI is InChI=1S/C25H27N3OS/c29-25(28-16-6-9-22(28)18-27-14-4-5-15-27)21-12-10-20(11-13-21)24-26-17-23(30-24)19-7-2-1-3-8-19/h1-3,7-8,10-13,17,22H,4-6,9,14-16,18H2/t22-/m0/s1. The van der Waals surface area contributed by atoms with E-state index in [1.54, 1.807) is 11.3 Å². The van der Waals surface area contributed by atoms with Crippen molar-refractivity contribution in [1.29, 1.82) is 0 Å². The van der Waals surface area contributed by atoms with E-state index < -0.39 is 0 Å². The molecule has 5 heteroatoms. The van der Waals surface area contributed by atoms with Gasteiger partial charge >= 0.3 is 0 Å². The fraction of sp³-hybridized carbons (Fsp3) is 0.360. The minimum Gasteiger partial charge on any atom is -0.334 e. The number of hydrogen-bond donors (Lipinski definition) is 0. The van der Waals surface area contributed by atoms with Crippen LogP contribution in [0.4, 0.5) is 0 Å². The number of amides is 1. The van der Waals surface area contributed by atoms with Gasteiger partial charge in [0.25, 0.3) is 5.91 Å². The second kappa shape index (κ2) is 8.70. The summed E-state index contributed by atoms with van der Waals surface area (Å²) in [6, 6.07) is 18.7. The molecule has 2 aliphatic rings. The van der Waals surface area contributed by atoms with Crippen LogP contribution in [0.2, 0.25) is 0 Å². The molecule has 3 aromatic rings. The molecule has 0 radical (unpaired) electrons. The summed E-state index contributed by atoms with van der Waals surface area (Å²) < 4.78 is 0. The zero-order valence-electron chi connectivity index (χ0n) is 17.2. The van der Waals surface area contributed by atoms with E-state index in [9.17, 15) is 4.79 Å². The van der Waals surface area contributed by atoms with Crippen LogP contribution in [-0.4, -0.2) is 52.9 Å². The lowest BCUT2D eigenvalue weighted by molar-refractivity contribution is 0.0709. The topological polar surface area (TPSA) is 36.4 Å². The van der Waals surface area contributed by atoms with Gasteiger partial charge in [-0.3, -0.25) is 4.79 Å². The zero-order valence-corrected chi connectivity index (χ0v) is 18.0. The third-order valence-corrected chi connectivity index (χ3v) is 7.34. The van der Waals surface area contributed by atoms with Gasteiger partial charge in [0.1, 0.15) is 5.01 Å². The molecule has 2 aliphatic heterocycles. The molecule has 3 heterocycles. The molecular weight excluding hydrogens is 390 g/mol. The van der Waals surface area contributed by atoms with E-state index in [2.05, 4.69) is 26.9 Å². The highest BCUT2D eigenvalue weighted by molar-refractivity contribution is 7.18. The van der Waals surface area contributed by atoms with E-state index in [-0.39, 0.29) is 5.91 Å². The number of aromatic nitrogens is 1. The average Bonchev–Trinajstić information content (AvgIpc) is 3.57. The first-order valence-corrected chi connectivity index (χ1v) is 11.7. The molecule has 5 rings (SSSR count). The first-order valence-electron chi connectivity index (χ1n) is 10.9. The maximum absolute atomic E-state index is 13.2. The van der Waals surface area contributed by atoms with E-state index in [0.717, 1.165) is 46.9 Å². The minimum absolute atomic E-state index is 0.173. The van der Waals surface area contributed by atoms with Crippen LogP contribution in [0.3, 0.4) is 0 Å². The second-order valence-corrected chi connectivity index (χ2v) is 9.31. The Kier molecular flexibility index (Phi) is 5.65. The first-order chi connectivity index (χ1) is 14.8. The van der Waals surface area contributed by atoms with Gasteiger partial charge in [-0.2, -0.15) is 0 Å². The highest BCUT2D eigenvalue weighted by Crippen LogP contribution is 2.32. The molecule has 1 aromatic heterocycles. The summed E-state index contributed by atoms with van der Waals surface area (Å²) >= 11 is 1.68. The highest BCUT2D eigenvalue weighted by Gasteiger charge is 2.31. The molecule has 30 heavy (non-hydrogen) atoms. The van der Waals surface area contributed by atoms with Gasteiger partial charge in [0.2, 0.25) is 0 Å². The minimum atomic E-state index is 0.173. The Balaban J connectivity index is 1.29. The van der Waals surface area contributed by atoms with Crippen LogP contribution in [-0.2, 0) is 0 Å². The monoisotopic (exact) mass is 417 g/mol. The van der Waals surface area contributed by atoms with Crippen molar-refractivity contribution in [1.82, 2.24) is 14.8 Å². The van der Waals surface area contributed by atoms with Gasteiger partial charge in [-0.15, -0.1) is 11.3 Å². The number of benzene rings is 2. The summed E-state index contributed by atoms with van der Waals surface area (Å²) in [6.07, 6.45) is 6.77. The van der Waals surface area contributed by atoms with Crippen LogP contribution in [0, 0.1) is 0 Å². The molecule has 0 bridgehead atoms. The van der Waals surface area contributed by atoms with Crippen LogP contribution in [0.1, 0.15) is 36.0 Å². The van der Waals surface area contributed by atoms with Crippen molar-refractivity contribution in [2.45, 2.75) is 31.7 Å². The number of carbonyl (C=O) groups is 1. The molecule has 2 saturated heterocycles. The van der Waals surface area contributed by atoms with Gasteiger partial charge < -0.3 is 9.80 Å². The Hall–Kier alpha value is -2.50. The van der Waals surface area contributed by atoms with Crippen molar-refractivity contribution in [3.8, 4) is 21.0 Å². The van der Waals surface area contributed by atoms with Gasteiger partial charge in [-0.1, -0.05) is 42.5 Å². The van der Waals surface area contributed by atoms with Gasteiger partial charge in [-0.25, -0.2) is 4.98 Å². The molecule has 0 spiro atoms. The number of carbonyl (C=O) groups excluding carboxylic acids is 1. The lowest BCUT2D eigenvalue weighted by Crippen LogP contribution is -2.42. The number of hydrogen-bond acceptors (Lipinski definition) is 4. The zero-order chi connectivity index (χ0) is 20.3. The summed E-state index contributed by atoms with van der Waals surface area (Å²) in [7, 11) is 0. The molecular formula is C25H27N3OS. The molecule has 0 unspecified atom stereocenters. The fourth-order valence-corrected chi connectivity index (χ4v) is 5.55. The first kappa shape index (κ1) is 19.5. The Bertz CT molecular complexity index is 993. The van der Waals surface area contributed by atoms with Gasteiger partial charge in [0.15, 0.2) is 0 Å². The Morgan fingerprint density at radius 1 is 0.933 bits per heavy atom. The Labute approximate surface area is 182 Å². The van der Waals surface area contributed by atoms with E-state index in [1.165, 1.54) is 31.5 Å². The Morgan fingerprint density at radius 3 is 2.47 bits per heavy atom. The summed E-state index contributed by atoms with van der Waals surface area (Å²) in [5.41, 5.74) is 3.03. The third kappa shape index (κ3) is 4.05. The van der Waals surface area contributed by atoms with Crippen molar-refractivity contribution in [3.63, 3.8) is 0 Å². The maximum atomic E-state index is 13.2. The van der Waals surface area contributed by atoms with E-state index >= 15 is 0 Å². The fourth-order valence-electron chi connectivity index (χ4n) is 4.62. The normalized spacial score (nSPS) is 19.5. The van der Waals surface area contributed by atoms with Crippen molar-refractivity contribution in [3.05, 3.63) is 66.4 Å². The largest absolute Gasteiger partial charge is 0.334 e. The van der Waals surface area contributed by atoms with E-state index in [1.807, 2.05) is 48.7 Å². The van der Waals surface area contributed by atoms with Gasteiger partial charge in [0, 0.05) is 36.5 Å². The molecule has 2 aromatic carbocycles. The molecule has 1 atom stereocenters. The molecule has 0 saturated carbocycles. The summed E-state index contributed by atoms with van der Waals surface area (Å²) in [4.78, 5) is 23.5. The Morgan fingerprint density at radius 2 is 1.70 bits per heavy atom. The van der Waals surface area contributed by atoms with E-state index in [4.69, 9.17) is 0 Å². The van der Waals surface area contributed by atoms with Crippen molar-refractivity contribution < 1.29 is 4.79 Å². The van der Waals surface area contributed by atoms with Crippen LogP contribution in [0.25, 0.3) is 21.0 Å². The molecule has 0 aliphatic carbocycles.